The predicted octanol–water partition coefficient (Wildman–Crippen LogP) is 2.86. The van der Waals surface area contributed by atoms with E-state index in [1.165, 1.54) is 37.4 Å². The number of hydrogen-bond donors (Lipinski definition) is 0. The Bertz CT molecular complexity index is 836. The maximum atomic E-state index is 13.6. The van der Waals surface area contributed by atoms with E-state index in [2.05, 4.69) is 0 Å². The van der Waals surface area contributed by atoms with Gasteiger partial charge in [0, 0.05) is 11.6 Å². The second-order valence-electron chi connectivity index (χ2n) is 4.89. The number of nitro benzene ring substituents is 1. The van der Waals surface area contributed by atoms with E-state index in [0.717, 1.165) is 6.07 Å². The first-order valence-corrected chi connectivity index (χ1v) is 8.39. The van der Waals surface area contributed by atoms with Gasteiger partial charge in [-0.05, 0) is 17.7 Å². The quantitative estimate of drug-likeness (QED) is 0.596. The van der Waals surface area contributed by atoms with E-state index in [4.69, 9.17) is 4.74 Å². The van der Waals surface area contributed by atoms with Gasteiger partial charge in [0.2, 0.25) is 0 Å². The summed E-state index contributed by atoms with van der Waals surface area (Å²) in [5.41, 5.74) is -0.00422. The lowest BCUT2D eigenvalue weighted by Crippen LogP contribution is -2.09. The molecule has 0 heterocycles. The fourth-order valence-electron chi connectivity index (χ4n) is 2.13. The first-order chi connectivity index (χ1) is 10.8. The maximum Gasteiger partial charge on any atom is 0.311 e. The van der Waals surface area contributed by atoms with Gasteiger partial charge in [-0.2, -0.15) is 0 Å². The standard InChI is InChI=1S/C15H14FNO5S/c1-22-15-7-6-11(8-14(15)17(18)19)9-23(20,21)10-12-4-2-3-5-13(12)16/h2-8H,9-10H2,1H3. The van der Waals surface area contributed by atoms with Gasteiger partial charge in [-0.15, -0.1) is 0 Å². The van der Waals surface area contributed by atoms with E-state index in [1.807, 2.05) is 0 Å². The normalized spacial score (nSPS) is 11.2. The summed E-state index contributed by atoms with van der Waals surface area (Å²) in [5, 5.41) is 11.0. The van der Waals surface area contributed by atoms with Crippen LogP contribution >= 0.6 is 0 Å². The molecular weight excluding hydrogens is 325 g/mol. The van der Waals surface area contributed by atoms with Crippen LogP contribution in [0.3, 0.4) is 0 Å². The van der Waals surface area contributed by atoms with Crippen molar-refractivity contribution in [2.75, 3.05) is 7.11 Å². The molecule has 0 bridgehead atoms. The molecule has 2 rings (SSSR count). The van der Waals surface area contributed by atoms with Crippen LogP contribution in [0.4, 0.5) is 10.1 Å². The van der Waals surface area contributed by atoms with E-state index in [9.17, 15) is 22.9 Å². The number of methoxy groups -OCH3 is 1. The van der Waals surface area contributed by atoms with Gasteiger partial charge in [0.05, 0.1) is 23.5 Å². The second kappa shape index (κ2) is 6.74. The van der Waals surface area contributed by atoms with Gasteiger partial charge in [-0.3, -0.25) is 10.1 Å². The summed E-state index contributed by atoms with van der Waals surface area (Å²) in [4.78, 5) is 10.3. The molecule has 2 aromatic rings. The van der Waals surface area contributed by atoms with Crippen LogP contribution in [-0.4, -0.2) is 20.5 Å². The number of rotatable bonds is 6. The zero-order chi connectivity index (χ0) is 17.0. The summed E-state index contributed by atoms with van der Waals surface area (Å²) in [6.45, 7) is 0. The molecule has 2 aromatic carbocycles. The average Bonchev–Trinajstić information content (AvgIpc) is 2.49. The summed E-state index contributed by atoms with van der Waals surface area (Å²) < 4.78 is 42.8. The lowest BCUT2D eigenvalue weighted by atomic mass is 10.2. The number of ether oxygens (including phenoxy) is 1. The zero-order valence-electron chi connectivity index (χ0n) is 12.2. The molecule has 0 aliphatic carbocycles. The minimum atomic E-state index is -3.68. The van der Waals surface area contributed by atoms with Gasteiger partial charge >= 0.3 is 5.69 Å². The Hall–Kier alpha value is -2.48. The lowest BCUT2D eigenvalue weighted by molar-refractivity contribution is -0.385. The Morgan fingerprint density at radius 3 is 2.48 bits per heavy atom. The van der Waals surface area contributed by atoms with Gasteiger partial charge in [0.25, 0.3) is 0 Å². The van der Waals surface area contributed by atoms with Gasteiger partial charge in [-0.25, -0.2) is 12.8 Å². The summed E-state index contributed by atoms with van der Waals surface area (Å²) in [6.07, 6.45) is 0. The predicted molar refractivity (Wildman–Crippen MR) is 82.4 cm³/mol. The molecule has 0 saturated carbocycles. The van der Waals surface area contributed by atoms with Crippen molar-refractivity contribution in [1.29, 1.82) is 0 Å². The number of nitrogens with zero attached hydrogens (tertiary/aromatic N) is 1. The van der Waals surface area contributed by atoms with Crippen LogP contribution in [0.15, 0.2) is 42.5 Å². The van der Waals surface area contributed by atoms with Crippen molar-refractivity contribution >= 4 is 15.5 Å². The molecular formula is C15H14FNO5S. The van der Waals surface area contributed by atoms with Crippen molar-refractivity contribution in [2.45, 2.75) is 11.5 Å². The topological polar surface area (TPSA) is 86.5 Å². The molecule has 0 radical (unpaired) electrons. The number of halogens is 1. The van der Waals surface area contributed by atoms with Crippen LogP contribution in [0.25, 0.3) is 0 Å². The number of benzene rings is 2. The third-order valence-electron chi connectivity index (χ3n) is 3.16. The molecule has 0 saturated heterocycles. The minimum absolute atomic E-state index is 0.0465. The summed E-state index contributed by atoms with van der Waals surface area (Å²) in [5.74, 6) is -1.45. The first kappa shape index (κ1) is 16.9. The van der Waals surface area contributed by atoms with E-state index in [-0.39, 0.29) is 22.6 Å². The fourth-order valence-corrected chi connectivity index (χ4v) is 3.62. The highest BCUT2D eigenvalue weighted by molar-refractivity contribution is 7.89. The molecule has 0 unspecified atom stereocenters. The maximum absolute atomic E-state index is 13.6. The molecule has 0 N–H and O–H groups in total. The van der Waals surface area contributed by atoms with Gasteiger partial charge in [0.15, 0.2) is 15.6 Å². The van der Waals surface area contributed by atoms with Crippen LogP contribution in [0.2, 0.25) is 0 Å². The number of hydrogen-bond acceptors (Lipinski definition) is 5. The average molecular weight is 339 g/mol. The third kappa shape index (κ3) is 4.26. The Labute approximate surface area is 132 Å². The van der Waals surface area contributed by atoms with E-state index in [1.54, 1.807) is 6.07 Å². The monoisotopic (exact) mass is 339 g/mol. The largest absolute Gasteiger partial charge is 0.490 e. The molecule has 0 atom stereocenters. The van der Waals surface area contributed by atoms with Crippen molar-refractivity contribution in [3.63, 3.8) is 0 Å². The lowest BCUT2D eigenvalue weighted by Gasteiger charge is -2.07. The van der Waals surface area contributed by atoms with Crippen LogP contribution < -0.4 is 4.74 Å². The third-order valence-corrected chi connectivity index (χ3v) is 4.68. The Morgan fingerprint density at radius 1 is 1.17 bits per heavy atom. The fraction of sp³-hybridized carbons (Fsp3) is 0.200. The van der Waals surface area contributed by atoms with Gasteiger partial charge in [0.1, 0.15) is 5.82 Å². The van der Waals surface area contributed by atoms with Crippen molar-refractivity contribution in [3.05, 3.63) is 69.5 Å². The Balaban J connectivity index is 2.26. The summed E-state index contributed by atoms with van der Waals surface area (Å²) in [7, 11) is -2.39. The van der Waals surface area contributed by atoms with E-state index >= 15 is 0 Å². The molecule has 122 valence electrons. The summed E-state index contributed by atoms with van der Waals surface area (Å²) >= 11 is 0. The molecule has 0 spiro atoms. The molecule has 0 amide bonds. The van der Waals surface area contributed by atoms with E-state index < -0.39 is 32.1 Å². The molecule has 0 aromatic heterocycles. The van der Waals surface area contributed by atoms with Gasteiger partial charge < -0.3 is 4.74 Å². The highest BCUT2D eigenvalue weighted by atomic mass is 32.2. The summed E-state index contributed by atoms with van der Waals surface area (Å²) in [6, 6.07) is 9.52. The molecule has 8 heteroatoms. The highest BCUT2D eigenvalue weighted by Gasteiger charge is 2.20. The molecule has 23 heavy (non-hydrogen) atoms. The second-order valence-corrected chi connectivity index (χ2v) is 6.95. The highest BCUT2D eigenvalue weighted by Crippen LogP contribution is 2.28. The van der Waals surface area contributed by atoms with Crippen molar-refractivity contribution in [2.24, 2.45) is 0 Å². The van der Waals surface area contributed by atoms with Gasteiger partial charge in [-0.1, -0.05) is 24.3 Å². The smallest absolute Gasteiger partial charge is 0.311 e. The Morgan fingerprint density at radius 2 is 1.87 bits per heavy atom. The molecule has 0 aliphatic heterocycles. The van der Waals surface area contributed by atoms with Crippen molar-refractivity contribution in [1.82, 2.24) is 0 Å². The number of nitro groups is 1. The first-order valence-electron chi connectivity index (χ1n) is 6.57. The Kier molecular flexibility index (Phi) is 4.95. The van der Waals surface area contributed by atoms with E-state index in [0.29, 0.717) is 0 Å². The van der Waals surface area contributed by atoms with Crippen LogP contribution in [0, 0.1) is 15.9 Å². The van der Waals surface area contributed by atoms with Crippen LogP contribution in [0.1, 0.15) is 11.1 Å². The van der Waals surface area contributed by atoms with Crippen molar-refractivity contribution in [3.8, 4) is 5.75 Å². The van der Waals surface area contributed by atoms with Crippen molar-refractivity contribution < 1.29 is 22.5 Å². The van der Waals surface area contributed by atoms with Crippen LogP contribution in [-0.2, 0) is 21.3 Å². The zero-order valence-corrected chi connectivity index (χ0v) is 13.0. The SMILES string of the molecule is COc1ccc(CS(=O)(=O)Cc2ccccc2F)cc1[N+](=O)[O-]. The molecule has 6 nitrogen and oxygen atoms in total. The minimum Gasteiger partial charge on any atom is -0.490 e. The number of sulfone groups is 1. The van der Waals surface area contributed by atoms with Crippen LogP contribution in [0.5, 0.6) is 5.75 Å². The molecule has 0 aliphatic rings. The molecule has 0 fully saturated rings.